The molecule has 0 nitrogen and oxygen atoms in total. The van der Waals surface area contributed by atoms with Gasteiger partial charge in [-0.15, -0.1) is 0 Å². The van der Waals surface area contributed by atoms with E-state index in [-0.39, 0.29) is 0 Å². The van der Waals surface area contributed by atoms with Gasteiger partial charge < -0.3 is 0 Å². The highest BCUT2D eigenvalue weighted by molar-refractivity contribution is 5.64. The summed E-state index contributed by atoms with van der Waals surface area (Å²) in [5.41, 5.74) is 5.89. The molecule has 0 amide bonds. The van der Waals surface area contributed by atoms with Gasteiger partial charge in [-0.3, -0.25) is 0 Å². The van der Waals surface area contributed by atoms with Crippen LogP contribution in [0.3, 0.4) is 0 Å². The van der Waals surface area contributed by atoms with Crippen LogP contribution in [-0.4, -0.2) is 0 Å². The third kappa shape index (κ3) is 7.22. The van der Waals surface area contributed by atoms with Crippen molar-refractivity contribution in [2.24, 2.45) is 11.8 Å². The van der Waals surface area contributed by atoms with Gasteiger partial charge >= 0.3 is 0 Å². The van der Waals surface area contributed by atoms with Crippen LogP contribution in [0.5, 0.6) is 0 Å². The number of hydrogen-bond donors (Lipinski definition) is 0. The van der Waals surface area contributed by atoms with Crippen molar-refractivity contribution in [3.05, 3.63) is 59.7 Å². The van der Waals surface area contributed by atoms with E-state index in [1.165, 1.54) is 114 Å². The number of benzene rings is 2. The molecule has 0 bridgehead atoms. The molecule has 0 atom stereocenters. The predicted molar refractivity (Wildman–Crippen MR) is 150 cm³/mol. The minimum atomic E-state index is 0.787. The van der Waals surface area contributed by atoms with Gasteiger partial charge in [-0.05, 0) is 97.3 Å². The standard InChI is InChI=1S/C34H50/c1-3-5-6-7-8-9-10-28-13-17-30(18-14-28)32-21-25-34(26-22-32)33-23-19-31(20-24-33)29-15-11-27(4-2)12-16-29/h19-30H,3-18H2,1-2H3. The zero-order valence-electron chi connectivity index (χ0n) is 22.2. The molecule has 2 aromatic rings. The third-order valence-corrected chi connectivity index (χ3v) is 9.33. The van der Waals surface area contributed by atoms with Gasteiger partial charge in [-0.2, -0.15) is 0 Å². The van der Waals surface area contributed by atoms with E-state index in [1.807, 2.05) is 0 Å². The van der Waals surface area contributed by atoms with Crippen molar-refractivity contribution < 1.29 is 0 Å². The van der Waals surface area contributed by atoms with Crippen LogP contribution in [0, 0.1) is 11.8 Å². The van der Waals surface area contributed by atoms with Crippen LogP contribution in [0.2, 0.25) is 0 Å². The molecule has 0 heteroatoms. The van der Waals surface area contributed by atoms with Crippen LogP contribution in [0.1, 0.15) is 140 Å². The highest BCUT2D eigenvalue weighted by Crippen LogP contribution is 2.39. The van der Waals surface area contributed by atoms with E-state index in [1.54, 1.807) is 11.1 Å². The summed E-state index contributed by atoms with van der Waals surface area (Å²) in [6.07, 6.45) is 22.8. The summed E-state index contributed by atoms with van der Waals surface area (Å²) in [5.74, 6) is 3.55. The van der Waals surface area contributed by atoms with E-state index in [4.69, 9.17) is 0 Å². The molecule has 2 aromatic carbocycles. The van der Waals surface area contributed by atoms with Crippen LogP contribution < -0.4 is 0 Å². The maximum absolute atomic E-state index is 2.42. The van der Waals surface area contributed by atoms with E-state index in [0.717, 1.165) is 23.7 Å². The first-order chi connectivity index (χ1) is 16.8. The van der Waals surface area contributed by atoms with E-state index < -0.39 is 0 Å². The van der Waals surface area contributed by atoms with E-state index in [9.17, 15) is 0 Å². The van der Waals surface area contributed by atoms with Crippen molar-refractivity contribution in [3.8, 4) is 11.1 Å². The molecule has 0 saturated heterocycles. The van der Waals surface area contributed by atoms with E-state index >= 15 is 0 Å². The van der Waals surface area contributed by atoms with Gasteiger partial charge in [-0.1, -0.05) is 114 Å². The van der Waals surface area contributed by atoms with Crippen LogP contribution >= 0.6 is 0 Å². The van der Waals surface area contributed by atoms with Crippen LogP contribution in [0.15, 0.2) is 48.5 Å². The largest absolute Gasteiger partial charge is 0.0654 e. The minimum absolute atomic E-state index is 0.787. The Balaban J connectivity index is 1.22. The SMILES string of the molecule is CCCCCCCCC1CCC(c2ccc(-c3ccc(C4CCC(CC)CC4)cc3)cc2)CC1. The van der Waals surface area contributed by atoms with Crippen molar-refractivity contribution >= 4 is 0 Å². The van der Waals surface area contributed by atoms with Gasteiger partial charge in [0.2, 0.25) is 0 Å². The smallest absolute Gasteiger partial charge is 0.0162 e. The van der Waals surface area contributed by atoms with Gasteiger partial charge in [0.1, 0.15) is 0 Å². The predicted octanol–water partition coefficient (Wildman–Crippen LogP) is 11.1. The summed E-state index contributed by atoms with van der Waals surface area (Å²) in [5, 5.41) is 0. The van der Waals surface area contributed by atoms with Gasteiger partial charge in [0.25, 0.3) is 0 Å². The number of rotatable bonds is 11. The van der Waals surface area contributed by atoms with E-state index in [0.29, 0.717) is 0 Å². The first-order valence-electron chi connectivity index (χ1n) is 15.0. The highest BCUT2D eigenvalue weighted by Gasteiger charge is 2.23. The summed E-state index contributed by atoms with van der Waals surface area (Å²) >= 11 is 0. The Labute approximate surface area is 211 Å². The Bertz CT molecular complexity index is 798. The lowest BCUT2D eigenvalue weighted by Crippen LogP contribution is -2.13. The fourth-order valence-electron chi connectivity index (χ4n) is 6.80. The van der Waals surface area contributed by atoms with Crippen LogP contribution in [0.25, 0.3) is 11.1 Å². The average Bonchev–Trinajstić information content (AvgIpc) is 2.91. The fourth-order valence-corrected chi connectivity index (χ4v) is 6.80. The average molecular weight is 459 g/mol. The normalized spacial score (nSPS) is 25.4. The quantitative estimate of drug-likeness (QED) is 0.294. The number of unbranched alkanes of at least 4 members (excludes halogenated alkanes) is 5. The molecule has 0 aromatic heterocycles. The molecule has 4 rings (SSSR count). The third-order valence-electron chi connectivity index (χ3n) is 9.33. The minimum Gasteiger partial charge on any atom is -0.0654 e. The van der Waals surface area contributed by atoms with E-state index in [2.05, 4.69) is 62.4 Å². The van der Waals surface area contributed by atoms with Crippen molar-refractivity contribution in [1.82, 2.24) is 0 Å². The van der Waals surface area contributed by atoms with Gasteiger partial charge in [-0.25, -0.2) is 0 Å². The molecule has 0 heterocycles. The lowest BCUT2D eigenvalue weighted by atomic mass is 9.76. The Kier molecular flexibility index (Phi) is 10.1. The summed E-state index contributed by atoms with van der Waals surface area (Å²) in [6, 6.07) is 19.1. The summed E-state index contributed by atoms with van der Waals surface area (Å²) in [6.45, 7) is 4.66. The van der Waals surface area contributed by atoms with Crippen LogP contribution in [0.4, 0.5) is 0 Å². The lowest BCUT2D eigenvalue weighted by molar-refractivity contribution is 0.302. The Morgan fingerprint density at radius 3 is 1.41 bits per heavy atom. The van der Waals surface area contributed by atoms with Gasteiger partial charge in [0.05, 0.1) is 0 Å². The molecule has 2 fully saturated rings. The monoisotopic (exact) mass is 458 g/mol. The topological polar surface area (TPSA) is 0 Å². The van der Waals surface area contributed by atoms with Gasteiger partial charge in [0.15, 0.2) is 0 Å². The molecule has 2 saturated carbocycles. The lowest BCUT2D eigenvalue weighted by Gasteiger charge is -2.29. The number of hydrogen-bond acceptors (Lipinski definition) is 0. The molecular formula is C34H50. The van der Waals surface area contributed by atoms with Crippen molar-refractivity contribution in [2.75, 3.05) is 0 Å². The molecule has 0 radical (unpaired) electrons. The van der Waals surface area contributed by atoms with Crippen molar-refractivity contribution in [1.29, 1.82) is 0 Å². The molecule has 2 aliphatic carbocycles. The molecule has 2 aliphatic rings. The van der Waals surface area contributed by atoms with Crippen molar-refractivity contribution in [2.45, 2.75) is 128 Å². The molecule has 34 heavy (non-hydrogen) atoms. The molecule has 0 spiro atoms. The summed E-state index contributed by atoms with van der Waals surface area (Å²) in [7, 11) is 0. The molecule has 186 valence electrons. The highest BCUT2D eigenvalue weighted by atomic mass is 14.3. The maximum atomic E-state index is 2.42. The maximum Gasteiger partial charge on any atom is -0.0162 e. The fraction of sp³-hybridized carbons (Fsp3) is 0.647. The second-order valence-electron chi connectivity index (χ2n) is 11.6. The summed E-state index contributed by atoms with van der Waals surface area (Å²) < 4.78 is 0. The zero-order valence-corrected chi connectivity index (χ0v) is 22.2. The molecular weight excluding hydrogens is 408 g/mol. The summed E-state index contributed by atoms with van der Waals surface area (Å²) in [4.78, 5) is 0. The Morgan fingerprint density at radius 1 is 0.500 bits per heavy atom. The Morgan fingerprint density at radius 2 is 0.941 bits per heavy atom. The first kappa shape index (κ1) is 25.5. The molecule has 0 aliphatic heterocycles. The second-order valence-corrected chi connectivity index (χ2v) is 11.6. The first-order valence-corrected chi connectivity index (χ1v) is 15.0. The van der Waals surface area contributed by atoms with Crippen molar-refractivity contribution in [3.63, 3.8) is 0 Å². The Hall–Kier alpha value is -1.56. The van der Waals surface area contributed by atoms with Crippen LogP contribution in [-0.2, 0) is 0 Å². The molecule has 0 N–H and O–H groups in total. The van der Waals surface area contributed by atoms with Gasteiger partial charge in [0, 0.05) is 0 Å². The second kappa shape index (κ2) is 13.5. The molecule has 0 unspecified atom stereocenters. The zero-order chi connectivity index (χ0) is 23.6.